The number of ether oxygens (including phenoxy) is 1. The molecule has 0 aliphatic rings. The van der Waals surface area contributed by atoms with Crippen molar-refractivity contribution in [1.29, 1.82) is 0 Å². The smallest absolute Gasteiger partial charge is 0.277 e. The van der Waals surface area contributed by atoms with Crippen LogP contribution in [0.3, 0.4) is 0 Å². The second kappa shape index (κ2) is 9.05. The van der Waals surface area contributed by atoms with Crippen molar-refractivity contribution in [3.8, 4) is 5.75 Å². The van der Waals surface area contributed by atoms with Crippen LogP contribution in [0.15, 0.2) is 56.6 Å². The minimum atomic E-state index is -0.141. The van der Waals surface area contributed by atoms with Gasteiger partial charge in [0.1, 0.15) is 5.75 Å². The van der Waals surface area contributed by atoms with E-state index in [1.807, 2.05) is 56.3 Å². The maximum Gasteiger partial charge on any atom is 0.277 e. The van der Waals surface area contributed by atoms with Crippen LogP contribution < -0.4 is 10.1 Å². The molecule has 1 aromatic heterocycles. The Hall–Kier alpha value is -2.32. The number of anilines is 1. The molecule has 0 radical (unpaired) electrons. The number of nitrogens with zero attached hydrogens (tertiary/aromatic N) is 2. The fourth-order valence-electron chi connectivity index (χ4n) is 2.18. The zero-order valence-corrected chi connectivity index (χ0v) is 17.3. The van der Waals surface area contributed by atoms with E-state index < -0.39 is 0 Å². The number of amides is 1. The molecule has 0 aliphatic carbocycles. The first kappa shape index (κ1) is 19.4. The number of aromatic nitrogens is 2. The number of carbonyl (C=O) groups excluding carboxylic acids is 1. The maximum absolute atomic E-state index is 12.1. The van der Waals surface area contributed by atoms with Crippen molar-refractivity contribution in [2.24, 2.45) is 0 Å². The second-order valence-electron chi connectivity index (χ2n) is 5.86. The molecular weight excluding hydrogens is 430 g/mol. The number of hydrogen-bond acceptors (Lipinski definition) is 6. The topological polar surface area (TPSA) is 77.2 Å². The Kier molecular flexibility index (Phi) is 6.52. The van der Waals surface area contributed by atoms with Gasteiger partial charge in [-0.15, -0.1) is 10.2 Å². The minimum Gasteiger partial charge on any atom is -0.484 e. The summed E-state index contributed by atoms with van der Waals surface area (Å²) in [6, 6.07) is 13.3. The normalized spacial score (nSPS) is 10.6. The minimum absolute atomic E-state index is 0.141. The first-order chi connectivity index (χ1) is 13.0. The fourth-order valence-corrected chi connectivity index (χ4v) is 3.01. The van der Waals surface area contributed by atoms with Gasteiger partial charge in [0.15, 0.2) is 6.61 Å². The van der Waals surface area contributed by atoms with Crippen LogP contribution in [0.4, 0.5) is 5.69 Å². The Morgan fingerprint density at radius 1 is 1.19 bits per heavy atom. The summed E-state index contributed by atoms with van der Waals surface area (Å²) in [6.07, 6.45) is 0. The summed E-state index contributed by atoms with van der Waals surface area (Å²) in [5, 5.41) is 11.0. The van der Waals surface area contributed by atoms with E-state index in [1.54, 1.807) is 0 Å². The fraction of sp³-hybridized carbons (Fsp3) is 0.211. The summed E-state index contributed by atoms with van der Waals surface area (Å²) in [6.45, 7) is 4.16. The van der Waals surface area contributed by atoms with E-state index in [2.05, 4.69) is 31.4 Å². The van der Waals surface area contributed by atoms with Crippen LogP contribution in [-0.2, 0) is 11.4 Å². The van der Waals surface area contributed by atoms with Gasteiger partial charge in [0.2, 0.25) is 5.91 Å². The van der Waals surface area contributed by atoms with Gasteiger partial charge < -0.3 is 14.5 Å². The lowest BCUT2D eigenvalue weighted by molar-refractivity contribution is -0.113. The highest BCUT2D eigenvalue weighted by Gasteiger charge is 2.11. The van der Waals surface area contributed by atoms with E-state index in [0.717, 1.165) is 27.0 Å². The van der Waals surface area contributed by atoms with Gasteiger partial charge in [-0.3, -0.25) is 4.79 Å². The number of rotatable bonds is 7. The molecule has 1 heterocycles. The molecule has 0 fully saturated rings. The summed E-state index contributed by atoms with van der Waals surface area (Å²) in [4.78, 5) is 12.1. The van der Waals surface area contributed by atoms with Gasteiger partial charge in [-0.25, -0.2) is 0 Å². The maximum atomic E-state index is 12.1. The number of nitrogens with one attached hydrogen (secondary N) is 1. The molecule has 0 unspecified atom stereocenters. The second-order valence-corrected chi connectivity index (χ2v) is 7.65. The van der Waals surface area contributed by atoms with Crippen LogP contribution >= 0.6 is 27.7 Å². The molecule has 3 aromatic rings. The molecule has 27 heavy (non-hydrogen) atoms. The molecule has 1 amide bonds. The molecule has 6 nitrogen and oxygen atoms in total. The van der Waals surface area contributed by atoms with Crippen LogP contribution in [-0.4, -0.2) is 21.9 Å². The Morgan fingerprint density at radius 2 is 1.96 bits per heavy atom. The van der Waals surface area contributed by atoms with Crippen LogP contribution in [0, 0.1) is 13.8 Å². The molecule has 2 aromatic carbocycles. The van der Waals surface area contributed by atoms with Crippen LogP contribution in [0.2, 0.25) is 0 Å². The zero-order valence-electron chi connectivity index (χ0n) is 14.9. The van der Waals surface area contributed by atoms with E-state index in [-0.39, 0.29) is 18.3 Å². The average molecular weight is 448 g/mol. The third-order valence-corrected chi connectivity index (χ3v) is 5.31. The molecule has 0 saturated carbocycles. The van der Waals surface area contributed by atoms with Crippen molar-refractivity contribution in [1.82, 2.24) is 10.2 Å². The van der Waals surface area contributed by atoms with E-state index in [1.165, 1.54) is 11.8 Å². The Morgan fingerprint density at radius 3 is 2.70 bits per heavy atom. The number of halogens is 1. The van der Waals surface area contributed by atoms with Crippen molar-refractivity contribution in [2.45, 2.75) is 25.7 Å². The highest BCUT2D eigenvalue weighted by molar-refractivity contribution is 9.10. The molecule has 140 valence electrons. The highest BCUT2D eigenvalue weighted by atomic mass is 79.9. The lowest BCUT2D eigenvalue weighted by atomic mass is 10.2. The number of benzene rings is 2. The molecule has 0 bridgehead atoms. The van der Waals surface area contributed by atoms with Crippen LogP contribution in [0.5, 0.6) is 5.75 Å². The summed E-state index contributed by atoms with van der Waals surface area (Å²) in [5.41, 5.74) is 2.96. The number of thioether (sulfide) groups is 1. The molecule has 3 rings (SSSR count). The van der Waals surface area contributed by atoms with E-state index >= 15 is 0 Å². The quantitative estimate of drug-likeness (QED) is 0.526. The average Bonchev–Trinajstić information content (AvgIpc) is 3.11. The van der Waals surface area contributed by atoms with Gasteiger partial charge in [0, 0.05) is 10.2 Å². The Labute approximate surface area is 169 Å². The van der Waals surface area contributed by atoms with Gasteiger partial charge in [-0.05, 0) is 49.7 Å². The predicted octanol–water partition coefficient (Wildman–Crippen LogP) is 4.76. The van der Waals surface area contributed by atoms with Crippen molar-refractivity contribution in [3.05, 3.63) is 64.0 Å². The van der Waals surface area contributed by atoms with Crippen molar-refractivity contribution in [3.63, 3.8) is 0 Å². The first-order valence-electron chi connectivity index (χ1n) is 8.20. The van der Waals surface area contributed by atoms with Crippen molar-refractivity contribution < 1.29 is 13.9 Å². The summed E-state index contributed by atoms with van der Waals surface area (Å²) >= 11 is 4.62. The van der Waals surface area contributed by atoms with Crippen molar-refractivity contribution >= 4 is 39.3 Å². The van der Waals surface area contributed by atoms with E-state index in [9.17, 15) is 4.79 Å². The van der Waals surface area contributed by atoms with E-state index in [4.69, 9.17) is 9.15 Å². The molecule has 0 atom stereocenters. The SMILES string of the molecule is Cc1ccc(OCc2nnc(SCC(=O)Nc3ccc(Br)c(C)c3)o2)cc1. The van der Waals surface area contributed by atoms with Crippen LogP contribution in [0.1, 0.15) is 17.0 Å². The summed E-state index contributed by atoms with van der Waals surface area (Å²) in [7, 11) is 0. The predicted molar refractivity (Wildman–Crippen MR) is 108 cm³/mol. The molecule has 8 heteroatoms. The van der Waals surface area contributed by atoms with Gasteiger partial charge in [0.25, 0.3) is 11.1 Å². The molecule has 1 N–H and O–H groups in total. The number of hydrogen-bond donors (Lipinski definition) is 1. The third-order valence-electron chi connectivity index (χ3n) is 3.60. The molecular formula is C19H18BrN3O3S. The lowest BCUT2D eigenvalue weighted by Gasteiger charge is -2.06. The zero-order chi connectivity index (χ0) is 19.2. The summed E-state index contributed by atoms with van der Waals surface area (Å²) in [5.74, 6) is 1.13. The lowest BCUT2D eigenvalue weighted by Crippen LogP contribution is -2.14. The van der Waals surface area contributed by atoms with Gasteiger partial charge in [-0.1, -0.05) is 45.4 Å². The largest absolute Gasteiger partial charge is 0.484 e. The number of carbonyl (C=O) groups is 1. The number of aryl methyl sites for hydroxylation is 2. The van der Waals surface area contributed by atoms with Gasteiger partial charge >= 0.3 is 0 Å². The highest BCUT2D eigenvalue weighted by Crippen LogP contribution is 2.21. The van der Waals surface area contributed by atoms with E-state index in [0.29, 0.717) is 11.1 Å². The first-order valence-corrected chi connectivity index (χ1v) is 9.98. The van der Waals surface area contributed by atoms with Gasteiger partial charge in [-0.2, -0.15) is 0 Å². The molecule has 0 spiro atoms. The monoisotopic (exact) mass is 447 g/mol. The summed E-state index contributed by atoms with van der Waals surface area (Å²) < 4.78 is 12.1. The Balaban J connectivity index is 1.46. The van der Waals surface area contributed by atoms with Crippen LogP contribution in [0.25, 0.3) is 0 Å². The van der Waals surface area contributed by atoms with Gasteiger partial charge in [0.05, 0.1) is 5.75 Å². The third kappa shape index (κ3) is 5.83. The van der Waals surface area contributed by atoms with Crippen molar-refractivity contribution in [2.75, 3.05) is 11.1 Å². The molecule has 0 saturated heterocycles. The Bertz CT molecular complexity index is 928. The standard InChI is InChI=1S/C19H18BrN3O3S/c1-12-3-6-15(7-4-12)25-10-18-22-23-19(26-18)27-11-17(24)21-14-5-8-16(20)13(2)9-14/h3-9H,10-11H2,1-2H3,(H,21,24). The molecule has 0 aliphatic heterocycles.